The number of aldehydes is 1. The zero-order valence-corrected chi connectivity index (χ0v) is 34.2. The first-order valence-electron chi connectivity index (χ1n) is 18.7. The largest absolute Gasteiger partial charge is 0.508 e. The van der Waals surface area contributed by atoms with Crippen LogP contribution in [0.5, 0.6) is 11.6 Å². The van der Waals surface area contributed by atoms with Crippen molar-refractivity contribution in [3.63, 3.8) is 0 Å². The number of aryl methyl sites for hydroxylation is 2. The van der Waals surface area contributed by atoms with E-state index in [-0.39, 0.29) is 51.7 Å². The first kappa shape index (κ1) is 43.8. The van der Waals surface area contributed by atoms with Crippen molar-refractivity contribution in [1.29, 1.82) is 0 Å². The molecule has 0 saturated carbocycles. The summed E-state index contributed by atoms with van der Waals surface area (Å²) in [5.74, 6) is -0.801. The van der Waals surface area contributed by atoms with Crippen molar-refractivity contribution in [1.82, 2.24) is 4.57 Å². The molecule has 4 rings (SSSR count). The molecule has 0 saturated heterocycles. The number of carbonyl (C=O) groups excluding carboxylic acids is 1. The lowest BCUT2D eigenvalue weighted by molar-refractivity contribution is 0.0696. The number of carboxylic acids is 1. The van der Waals surface area contributed by atoms with Crippen LogP contribution >= 0.6 is 0 Å². The fourth-order valence-corrected chi connectivity index (χ4v) is 6.67. The Balaban J connectivity index is 0.000000297. The van der Waals surface area contributed by atoms with Crippen LogP contribution in [0.15, 0.2) is 63.6 Å². The molecule has 0 aliphatic carbocycles. The number of hydrogen-bond acceptors (Lipinski definition) is 7. The molecule has 0 spiro atoms. The zero-order chi connectivity index (χ0) is 41.4. The fraction of sp³-hybridized carbons (Fsp3) is 0.422. The number of azo groups is 1. The lowest BCUT2D eigenvalue weighted by atomic mass is 9.76. The Hall–Kier alpha value is -5.56. The molecular formula is C45H56N4O6. The van der Waals surface area contributed by atoms with Crippen molar-refractivity contribution < 1.29 is 24.9 Å². The molecule has 55 heavy (non-hydrogen) atoms. The molecule has 0 bridgehead atoms. The third kappa shape index (κ3) is 10.4. The number of pyridine rings is 1. The number of aromatic nitrogens is 1. The Morgan fingerprint density at radius 1 is 0.873 bits per heavy atom. The highest BCUT2D eigenvalue weighted by Gasteiger charge is 2.27. The number of hydrogen-bond donors (Lipinski definition) is 3. The van der Waals surface area contributed by atoms with E-state index >= 15 is 0 Å². The van der Waals surface area contributed by atoms with Gasteiger partial charge in [0.1, 0.15) is 17.7 Å². The summed E-state index contributed by atoms with van der Waals surface area (Å²) >= 11 is 0. The van der Waals surface area contributed by atoms with E-state index < -0.39 is 11.5 Å². The molecule has 0 aliphatic heterocycles. The fourth-order valence-electron chi connectivity index (χ4n) is 6.67. The van der Waals surface area contributed by atoms with Crippen molar-refractivity contribution in [2.45, 2.75) is 125 Å². The Morgan fingerprint density at radius 3 is 1.93 bits per heavy atom. The highest BCUT2D eigenvalue weighted by Crippen LogP contribution is 2.41. The molecule has 4 aromatic rings. The maximum absolute atomic E-state index is 12.6. The molecule has 0 aliphatic rings. The molecule has 0 amide bonds. The summed E-state index contributed by atoms with van der Waals surface area (Å²) in [5.41, 5.74) is 7.63. The summed E-state index contributed by atoms with van der Waals surface area (Å²) in [7, 11) is 0. The van der Waals surface area contributed by atoms with Gasteiger partial charge in [0.25, 0.3) is 5.56 Å². The van der Waals surface area contributed by atoms with Crippen LogP contribution in [0.2, 0.25) is 0 Å². The number of carboxylic acid groups (broad SMARTS) is 1. The van der Waals surface area contributed by atoms with Gasteiger partial charge in [-0.15, -0.1) is 5.11 Å². The summed E-state index contributed by atoms with van der Waals surface area (Å²) in [5, 5.41) is 37.6. The van der Waals surface area contributed by atoms with Gasteiger partial charge in [0.05, 0.1) is 17.8 Å². The zero-order valence-electron chi connectivity index (χ0n) is 34.2. The van der Waals surface area contributed by atoms with Crippen LogP contribution in [0.1, 0.15) is 147 Å². The predicted octanol–water partition coefficient (Wildman–Crippen LogP) is 11.7. The van der Waals surface area contributed by atoms with Crippen LogP contribution < -0.4 is 5.56 Å². The van der Waals surface area contributed by atoms with Crippen LogP contribution in [0, 0.1) is 27.3 Å². The van der Waals surface area contributed by atoms with Gasteiger partial charge in [0.15, 0.2) is 5.88 Å². The SMILES string of the molecule is CCCC(c1cc(C(C)(C)C)c(O)cc1C)c1cc(C(C)(C)C)c(C=O)cc1C.[C-]#[N+]c1c(C)c(N=Nc2ccc(C(=O)O)cc2)c(=O)n(CCCC)c1O. The number of aromatic carboxylic acids is 1. The van der Waals surface area contributed by atoms with Crippen LogP contribution in [0.3, 0.4) is 0 Å². The van der Waals surface area contributed by atoms with Gasteiger partial charge in [-0.1, -0.05) is 80.4 Å². The van der Waals surface area contributed by atoms with Gasteiger partial charge in [-0.25, -0.2) is 9.64 Å². The highest BCUT2D eigenvalue weighted by atomic mass is 16.4. The summed E-state index contributed by atoms with van der Waals surface area (Å²) in [6.45, 7) is 30.3. The molecule has 10 heteroatoms. The van der Waals surface area contributed by atoms with Crippen molar-refractivity contribution in [3.8, 4) is 11.6 Å². The van der Waals surface area contributed by atoms with Crippen molar-refractivity contribution >= 4 is 29.3 Å². The smallest absolute Gasteiger partial charge is 0.335 e. The number of phenols is 1. The minimum Gasteiger partial charge on any atom is -0.508 e. The molecule has 1 atom stereocenters. The Kier molecular flexibility index (Phi) is 14.5. The summed E-state index contributed by atoms with van der Waals surface area (Å²) < 4.78 is 1.13. The van der Waals surface area contributed by atoms with E-state index in [1.807, 2.05) is 19.1 Å². The number of nitrogens with zero attached hydrogens (tertiary/aromatic N) is 4. The quantitative estimate of drug-likeness (QED) is 0.0790. The predicted molar refractivity (Wildman–Crippen MR) is 219 cm³/mol. The second kappa shape index (κ2) is 18.2. The summed E-state index contributed by atoms with van der Waals surface area (Å²) in [4.78, 5) is 38.5. The van der Waals surface area contributed by atoms with Gasteiger partial charge < -0.3 is 15.3 Å². The van der Waals surface area contributed by atoms with E-state index in [0.717, 1.165) is 57.9 Å². The molecule has 0 fully saturated rings. The van der Waals surface area contributed by atoms with Crippen LogP contribution in [-0.4, -0.2) is 32.1 Å². The van der Waals surface area contributed by atoms with Crippen LogP contribution in [0.25, 0.3) is 4.85 Å². The summed E-state index contributed by atoms with van der Waals surface area (Å²) in [6.07, 6.45) is 4.56. The standard InChI is InChI=1S/C27H38O2.C18H18N4O4/c1-10-11-20(22-15-24(27(7,8)9)25(29)13-18(22)3)21-14-23(26(4,5)6)19(16-28)12-17(21)2;1-4-5-10-22-16(23)14(19-3)11(2)15(17(22)24)21-20-13-8-6-12(7-9-13)18(25)26/h12-16,20,29H,10-11H2,1-9H3;6-9,23H,4-5,10H2,1-2H3,(H,25,26). The van der Waals surface area contributed by atoms with Crippen LogP contribution in [-0.2, 0) is 17.4 Å². The van der Waals surface area contributed by atoms with Gasteiger partial charge in [0, 0.05) is 18.0 Å². The number of unbranched alkanes of at least 4 members (excludes halogenated alkanes) is 1. The average Bonchev–Trinajstić information content (AvgIpc) is 3.10. The minimum atomic E-state index is -1.05. The van der Waals surface area contributed by atoms with Crippen LogP contribution in [0.4, 0.5) is 17.1 Å². The molecule has 1 aromatic heterocycles. The monoisotopic (exact) mass is 748 g/mol. The normalized spacial score (nSPS) is 12.2. The minimum absolute atomic E-state index is 0.0211. The lowest BCUT2D eigenvalue weighted by Crippen LogP contribution is -2.20. The molecule has 1 unspecified atom stereocenters. The van der Waals surface area contributed by atoms with Crippen molar-refractivity contribution in [2.24, 2.45) is 10.2 Å². The second-order valence-electron chi connectivity index (χ2n) is 16.1. The van der Waals surface area contributed by atoms with E-state index in [1.165, 1.54) is 42.3 Å². The van der Waals surface area contributed by atoms with E-state index in [2.05, 4.69) is 89.5 Å². The van der Waals surface area contributed by atoms with Gasteiger partial charge in [-0.2, -0.15) is 5.11 Å². The molecule has 292 valence electrons. The number of rotatable bonds is 11. The maximum Gasteiger partial charge on any atom is 0.335 e. The second-order valence-corrected chi connectivity index (χ2v) is 16.1. The van der Waals surface area contributed by atoms with Gasteiger partial charge in [-0.05, 0) is 120 Å². The molecular weight excluding hydrogens is 693 g/mol. The van der Waals surface area contributed by atoms with E-state index in [4.69, 9.17) is 11.7 Å². The molecule has 3 aromatic carbocycles. The number of phenolic OH excluding ortho intramolecular Hbond substituents is 1. The number of carbonyl (C=O) groups is 2. The summed E-state index contributed by atoms with van der Waals surface area (Å²) in [6, 6.07) is 14.1. The van der Waals surface area contributed by atoms with Gasteiger partial charge in [0.2, 0.25) is 5.69 Å². The van der Waals surface area contributed by atoms with Crippen molar-refractivity contribution in [2.75, 3.05) is 0 Å². The number of aromatic hydroxyl groups is 2. The topological polar surface area (TPSA) is 146 Å². The molecule has 10 nitrogen and oxygen atoms in total. The van der Waals surface area contributed by atoms with E-state index in [9.17, 15) is 24.6 Å². The first-order chi connectivity index (χ1) is 25.7. The van der Waals surface area contributed by atoms with E-state index in [1.54, 1.807) is 0 Å². The number of benzene rings is 3. The molecule has 3 N–H and O–H groups in total. The third-order valence-electron chi connectivity index (χ3n) is 9.75. The molecule has 1 heterocycles. The third-order valence-corrected chi connectivity index (χ3v) is 9.75. The molecule has 0 radical (unpaired) electrons. The lowest BCUT2D eigenvalue weighted by Gasteiger charge is -2.29. The Labute approximate surface area is 325 Å². The van der Waals surface area contributed by atoms with Crippen molar-refractivity contribution in [3.05, 3.63) is 120 Å². The van der Waals surface area contributed by atoms with Gasteiger partial charge in [-0.3, -0.25) is 14.2 Å². The Morgan fingerprint density at radius 2 is 1.44 bits per heavy atom. The highest BCUT2D eigenvalue weighted by molar-refractivity contribution is 5.87. The average molecular weight is 749 g/mol. The van der Waals surface area contributed by atoms with E-state index in [0.29, 0.717) is 17.9 Å². The Bertz CT molecular complexity index is 2160. The first-order valence-corrected chi connectivity index (χ1v) is 18.7. The van der Waals surface area contributed by atoms with Gasteiger partial charge >= 0.3 is 5.97 Å². The maximum atomic E-state index is 12.6.